The van der Waals surface area contributed by atoms with Crippen LogP contribution in [0.25, 0.3) is 0 Å². The Morgan fingerprint density at radius 2 is 1.78 bits per heavy atom. The summed E-state index contributed by atoms with van der Waals surface area (Å²) in [5, 5.41) is 3.87. The molecule has 0 aliphatic heterocycles. The van der Waals surface area contributed by atoms with Crippen molar-refractivity contribution in [3.05, 3.63) is 87.9 Å². The number of hydrogen-bond acceptors (Lipinski definition) is 3. The van der Waals surface area contributed by atoms with Crippen LogP contribution in [0, 0.1) is 0 Å². The minimum absolute atomic E-state index is 0.264. The number of rotatable bonds is 6. The molecule has 1 N–H and O–H groups in total. The van der Waals surface area contributed by atoms with Gasteiger partial charge in [-0.1, -0.05) is 47.5 Å². The summed E-state index contributed by atoms with van der Waals surface area (Å²) in [6.45, 7) is 0.318. The Kier molecular flexibility index (Phi) is 6.22. The molecule has 0 aliphatic rings. The second-order valence-corrected chi connectivity index (χ2v) is 6.53. The van der Waals surface area contributed by atoms with E-state index in [0.717, 1.165) is 5.56 Å². The standard InChI is InChI=1S/C21H17Cl2NO3/c1-26-20-10-9-16(12-19(20)23)24-21(25)14-6-4-7-17(11-14)27-13-15-5-2-3-8-18(15)22/h2-12H,13H2,1H3,(H,24,25). The first-order chi connectivity index (χ1) is 13.1. The number of carbonyl (C=O) groups is 1. The van der Waals surface area contributed by atoms with Crippen molar-refractivity contribution in [2.75, 3.05) is 12.4 Å². The summed E-state index contributed by atoms with van der Waals surface area (Å²) in [6.07, 6.45) is 0. The van der Waals surface area contributed by atoms with E-state index in [1.54, 1.807) is 42.5 Å². The number of nitrogens with one attached hydrogen (secondary N) is 1. The lowest BCUT2D eigenvalue weighted by atomic mass is 10.2. The molecule has 3 rings (SSSR count). The zero-order valence-electron chi connectivity index (χ0n) is 14.5. The van der Waals surface area contributed by atoms with Gasteiger partial charge in [-0.15, -0.1) is 0 Å². The summed E-state index contributed by atoms with van der Waals surface area (Å²) in [6, 6.07) is 19.5. The van der Waals surface area contributed by atoms with Gasteiger partial charge in [0.05, 0.1) is 12.1 Å². The van der Waals surface area contributed by atoms with Crippen LogP contribution in [0.5, 0.6) is 11.5 Å². The number of halogens is 2. The Bertz CT molecular complexity index is 960. The van der Waals surface area contributed by atoms with Crippen molar-refractivity contribution in [1.82, 2.24) is 0 Å². The van der Waals surface area contributed by atoms with Crippen molar-refractivity contribution in [3.63, 3.8) is 0 Å². The number of ether oxygens (including phenoxy) is 2. The Balaban J connectivity index is 1.68. The smallest absolute Gasteiger partial charge is 0.255 e. The van der Waals surface area contributed by atoms with E-state index in [1.165, 1.54) is 7.11 Å². The zero-order valence-corrected chi connectivity index (χ0v) is 16.1. The average molecular weight is 402 g/mol. The largest absolute Gasteiger partial charge is 0.495 e. The summed E-state index contributed by atoms with van der Waals surface area (Å²) in [5.41, 5.74) is 1.92. The lowest BCUT2D eigenvalue weighted by Crippen LogP contribution is -2.12. The Labute approximate surface area is 167 Å². The monoisotopic (exact) mass is 401 g/mol. The second-order valence-electron chi connectivity index (χ2n) is 5.71. The molecule has 1 amide bonds. The van der Waals surface area contributed by atoms with Gasteiger partial charge in [0.25, 0.3) is 5.91 Å². The summed E-state index contributed by atoms with van der Waals surface area (Å²) in [5.74, 6) is 0.861. The van der Waals surface area contributed by atoms with E-state index < -0.39 is 0 Å². The van der Waals surface area contributed by atoms with Crippen LogP contribution in [-0.2, 0) is 6.61 Å². The van der Waals surface area contributed by atoms with Crippen molar-refractivity contribution in [1.29, 1.82) is 0 Å². The first kappa shape index (κ1) is 19.1. The summed E-state index contributed by atoms with van der Waals surface area (Å²) < 4.78 is 10.9. The van der Waals surface area contributed by atoms with Crippen molar-refractivity contribution >= 4 is 34.8 Å². The molecule has 0 saturated carbocycles. The first-order valence-electron chi connectivity index (χ1n) is 8.18. The SMILES string of the molecule is COc1ccc(NC(=O)c2cccc(OCc3ccccc3Cl)c2)cc1Cl. The van der Waals surface area contributed by atoms with E-state index in [0.29, 0.717) is 39.4 Å². The lowest BCUT2D eigenvalue weighted by Gasteiger charge is -2.10. The lowest BCUT2D eigenvalue weighted by molar-refractivity contribution is 0.102. The van der Waals surface area contributed by atoms with Crippen LogP contribution >= 0.6 is 23.2 Å². The molecule has 4 nitrogen and oxygen atoms in total. The third-order valence-corrected chi connectivity index (χ3v) is 4.52. The highest BCUT2D eigenvalue weighted by molar-refractivity contribution is 6.32. The highest BCUT2D eigenvalue weighted by atomic mass is 35.5. The van der Waals surface area contributed by atoms with E-state index in [-0.39, 0.29) is 5.91 Å². The number of methoxy groups -OCH3 is 1. The van der Waals surface area contributed by atoms with Crippen LogP contribution in [0.3, 0.4) is 0 Å². The molecule has 0 fully saturated rings. The summed E-state index contributed by atoms with van der Waals surface area (Å²) in [4.78, 5) is 12.5. The van der Waals surface area contributed by atoms with Gasteiger partial charge in [0.2, 0.25) is 0 Å². The van der Waals surface area contributed by atoms with E-state index in [2.05, 4.69) is 5.32 Å². The van der Waals surface area contributed by atoms with Crippen LogP contribution in [-0.4, -0.2) is 13.0 Å². The first-order valence-corrected chi connectivity index (χ1v) is 8.93. The summed E-state index contributed by atoms with van der Waals surface area (Å²) in [7, 11) is 1.54. The molecule has 0 aliphatic carbocycles. The molecule has 0 unspecified atom stereocenters. The van der Waals surface area contributed by atoms with Gasteiger partial charge in [0, 0.05) is 21.8 Å². The fraction of sp³-hybridized carbons (Fsp3) is 0.0952. The van der Waals surface area contributed by atoms with Gasteiger partial charge in [0.15, 0.2) is 0 Å². The molecule has 3 aromatic carbocycles. The Morgan fingerprint density at radius 3 is 2.52 bits per heavy atom. The number of carbonyl (C=O) groups excluding carboxylic acids is 1. The molecule has 0 spiro atoms. The topological polar surface area (TPSA) is 47.6 Å². The van der Waals surface area contributed by atoms with E-state index in [4.69, 9.17) is 32.7 Å². The molecule has 0 aromatic heterocycles. The highest BCUT2D eigenvalue weighted by Crippen LogP contribution is 2.27. The molecule has 0 heterocycles. The maximum atomic E-state index is 12.5. The predicted molar refractivity (Wildman–Crippen MR) is 108 cm³/mol. The average Bonchev–Trinajstić information content (AvgIpc) is 2.68. The van der Waals surface area contributed by atoms with Gasteiger partial charge in [-0.25, -0.2) is 0 Å². The molecule has 0 saturated heterocycles. The number of benzene rings is 3. The molecular weight excluding hydrogens is 385 g/mol. The van der Waals surface area contributed by atoms with E-state index in [9.17, 15) is 4.79 Å². The minimum Gasteiger partial charge on any atom is -0.495 e. The van der Waals surface area contributed by atoms with Gasteiger partial charge in [-0.05, 0) is 42.5 Å². The van der Waals surface area contributed by atoms with Crippen molar-refractivity contribution < 1.29 is 14.3 Å². The molecule has 0 bridgehead atoms. The molecule has 0 radical (unpaired) electrons. The van der Waals surface area contributed by atoms with Gasteiger partial charge >= 0.3 is 0 Å². The van der Waals surface area contributed by atoms with Crippen molar-refractivity contribution in [3.8, 4) is 11.5 Å². The molecule has 138 valence electrons. The highest BCUT2D eigenvalue weighted by Gasteiger charge is 2.10. The number of hydrogen-bond donors (Lipinski definition) is 1. The number of anilines is 1. The molecule has 3 aromatic rings. The van der Waals surface area contributed by atoms with Gasteiger partial charge in [0.1, 0.15) is 18.1 Å². The fourth-order valence-corrected chi connectivity index (χ4v) is 2.90. The number of amides is 1. The van der Waals surface area contributed by atoms with Crippen LogP contribution in [0.1, 0.15) is 15.9 Å². The quantitative estimate of drug-likeness (QED) is 0.564. The van der Waals surface area contributed by atoms with Crippen LogP contribution < -0.4 is 14.8 Å². The van der Waals surface area contributed by atoms with Crippen molar-refractivity contribution in [2.45, 2.75) is 6.61 Å². The van der Waals surface area contributed by atoms with Crippen molar-refractivity contribution in [2.24, 2.45) is 0 Å². The third kappa shape index (κ3) is 4.94. The van der Waals surface area contributed by atoms with Crippen LogP contribution in [0.2, 0.25) is 10.0 Å². The molecule has 6 heteroatoms. The van der Waals surface area contributed by atoms with Crippen LogP contribution in [0.4, 0.5) is 5.69 Å². The second kappa shape index (κ2) is 8.80. The predicted octanol–water partition coefficient (Wildman–Crippen LogP) is 5.83. The molecule has 0 atom stereocenters. The molecular formula is C21H17Cl2NO3. The van der Waals surface area contributed by atoms with Gasteiger partial charge in [-0.2, -0.15) is 0 Å². The zero-order chi connectivity index (χ0) is 19.2. The van der Waals surface area contributed by atoms with Crippen LogP contribution in [0.15, 0.2) is 66.7 Å². The maximum absolute atomic E-state index is 12.5. The van der Waals surface area contributed by atoms with Gasteiger partial charge < -0.3 is 14.8 Å². The van der Waals surface area contributed by atoms with E-state index >= 15 is 0 Å². The Morgan fingerprint density at radius 1 is 0.963 bits per heavy atom. The fourth-order valence-electron chi connectivity index (χ4n) is 2.45. The Hall–Kier alpha value is -2.69. The minimum atomic E-state index is -0.264. The van der Waals surface area contributed by atoms with E-state index in [1.807, 2.05) is 24.3 Å². The van der Waals surface area contributed by atoms with Gasteiger partial charge in [-0.3, -0.25) is 4.79 Å². The summed E-state index contributed by atoms with van der Waals surface area (Å²) >= 11 is 12.2. The maximum Gasteiger partial charge on any atom is 0.255 e. The normalized spacial score (nSPS) is 10.3. The third-order valence-electron chi connectivity index (χ3n) is 3.86. The molecule has 27 heavy (non-hydrogen) atoms.